The molecule has 2 rings (SSSR count). The third-order valence-corrected chi connectivity index (χ3v) is 2.96. The molecule has 0 saturated heterocycles. The molecule has 86 valence electrons. The second kappa shape index (κ2) is 3.77. The van der Waals surface area contributed by atoms with Gasteiger partial charge in [0.25, 0.3) is 0 Å². The van der Waals surface area contributed by atoms with Crippen molar-refractivity contribution in [1.29, 1.82) is 0 Å². The van der Waals surface area contributed by atoms with Gasteiger partial charge in [0, 0.05) is 17.7 Å². The molecule has 4 heteroatoms. The lowest BCUT2D eigenvalue weighted by molar-refractivity contribution is 0.0689. The van der Waals surface area contributed by atoms with Gasteiger partial charge in [-0.1, -0.05) is 12.2 Å². The molecule has 0 radical (unpaired) electrons. The number of aromatic carboxylic acids is 1. The maximum Gasteiger partial charge on any atom is 0.356 e. The SMILES string of the molecule is C=C1CC(c2cc(C(=O)O)nn2C(C)C)C1. The van der Waals surface area contributed by atoms with Crippen LogP contribution in [0.25, 0.3) is 0 Å². The molecule has 1 heterocycles. The molecule has 16 heavy (non-hydrogen) atoms. The van der Waals surface area contributed by atoms with E-state index >= 15 is 0 Å². The number of carboxylic acids is 1. The number of carbonyl (C=O) groups is 1. The highest BCUT2D eigenvalue weighted by Gasteiger charge is 2.28. The van der Waals surface area contributed by atoms with Gasteiger partial charge in [-0.2, -0.15) is 5.10 Å². The Morgan fingerprint density at radius 2 is 2.25 bits per heavy atom. The summed E-state index contributed by atoms with van der Waals surface area (Å²) in [6.07, 6.45) is 1.91. The summed E-state index contributed by atoms with van der Waals surface area (Å²) >= 11 is 0. The molecule has 1 aliphatic rings. The maximum absolute atomic E-state index is 10.9. The van der Waals surface area contributed by atoms with Crippen molar-refractivity contribution in [3.05, 3.63) is 29.6 Å². The summed E-state index contributed by atoms with van der Waals surface area (Å²) in [5, 5.41) is 13.1. The largest absolute Gasteiger partial charge is 0.476 e. The summed E-state index contributed by atoms with van der Waals surface area (Å²) < 4.78 is 1.82. The minimum absolute atomic E-state index is 0.140. The van der Waals surface area contributed by atoms with Crippen molar-refractivity contribution in [3.63, 3.8) is 0 Å². The standard InChI is InChI=1S/C12H16N2O2/c1-7(2)14-11(9-4-8(3)5-9)6-10(13-14)12(15)16/h6-7,9H,3-5H2,1-2H3,(H,15,16). The Morgan fingerprint density at radius 3 is 2.69 bits per heavy atom. The van der Waals surface area contributed by atoms with Crippen LogP contribution in [0.5, 0.6) is 0 Å². The summed E-state index contributed by atoms with van der Waals surface area (Å²) in [6, 6.07) is 1.89. The van der Waals surface area contributed by atoms with E-state index in [1.165, 1.54) is 5.57 Å². The van der Waals surface area contributed by atoms with Crippen molar-refractivity contribution >= 4 is 5.97 Å². The van der Waals surface area contributed by atoms with Gasteiger partial charge >= 0.3 is 5.97 Å². The quantitative estimate of drug-likeness (QED) is 0.796. The van der Waals surface area contributed by atoms with Crippen molar-refractivity contribution in [2.75, 3.05) is 0 Å². The van der Waals surface area contributed by atoms with Crippen LogP contribution in [0, 0.1) is 0 Å². The maximum atomic E-state index is 10.9. The zero-order valence-corrected chi connectivity index (χ0v) is 9.60. The Hall–Kier alpha value is -1.58. The Labute approximate surface area is 94.6 Å². The van der Waals surface area contributed by atoms with Crippen LogP contribution >= 0.6 is 0 Å². The molecule has 0 unspecified atom stereocenters. The molecule has 0 aliphatic heterocycles. The molecule has 1 aromatic heterocycles. The fourth-order valence-corrected chi connectivity index (χ4v) is 2.08. The van der Waals surface area contributed by atoms with E-state index in [0.29, 0.717) is 5.92 Å². The Balaban J connectivity index is 2.34. The summed E-state index contributed by atoms with van der Waals surface area (Å²) in [4.78, 5) is 10.9. The zero-order valence-electron chi connectivity index (χ0n) is 9.60. The van der Waals surface area contributed by atoms with Gasteiger partial charge in [0.15, 0.2) is 5.69 Å². The first-order valence-corrected chi connectivity index (χ1v) is 5.48. The predicted octanol–water partition coefficient (Wildman–Crippen LogP) is 2.60. The second-order valence-electron chi connectivity index (χ2n) is 4.65. The van der Waals surface area contributed by atoms with Crippen LogP contribution < -0.4 is 0 Å². The summed E-state index contributed by atoms with van der Waals surface area (Å²) in [5.41, 5.74) is 2.40. The number of allylic oxidation sites excluding steroid dienone is 1. The van der Waals surface area contributed by atoms with Crippen LogP contribution in [0.4, 0.5) is 0 Å². The number of hydrogen-bond acceptors (Lipinski definition) is 2. The normalized spacial score (nSPS) is 16.6. The van der Waals surface area contributed by atoms with E-state index < -0.39 is 5.97 Å². The summed E-state index contributed by atoms with van der Waals surface area (Å²) in [6.45, 7) is 7.93. The van der Waals surface area contributed by atoms with Crippen LogP contribution in [-0.2, 0) is 0 Å². The minimum Gasteiger partial charge on any atom is -0.476 e. The number of hydrogen-bond donors (Lipinski definition) is 1. The first-order chi connectivity index (χ1) is 7.49. The molecular formula is C12H16N2O2. The number of carboxylic acid groups (broad SMARTS) is 1. The molecule has 1 fully saturated rings. The van der Waals surface area contributed by atoms with Crippen LogP contribution in [0.2, 0.25) is 0 Å². The minimum atomic E-state index is -0.959. The van der Waals surface area contributed by atoms with E-state index in [0.717, 1.165) is 18.5 Å². The van der Waals surface area contributed by atoms with Gasteiger partial charge in [-0.05, 0) is 32.8 Å². The van der Waals surface area contributed by atoms with Crippen molar-refractivity contribution in [3.8, 4) is 0 Å². The van der Waals surface area contributed by atoms with Crippen molar-refractivity contribution in [2.24, 2.45) is 0 Å². The van der Waals surface area contributed by atoms with Gasteiger partial charge in [-0.25, -0.2) is 4.79 Å². The van der Waals surface area contributed by atoms with Gasteiger partial charge in [-0.3, -0.25) is 4.68 Å². The number of rotatable bonds is 3. The lowest BCUT2D eigenvalue weighted by Gasteiger charge is -2.29. The van der Waals surface area contributed by atoms with Crippen molar-refractivity contribution < 1.29 is 9.90 Å². The summed E-state index contributed by atoms with van der Waals surface area (Å²) in [5.74, 6) is -0.561. The van der Waals surface area contributed by atoms with Gasteiger partial charge < -0.3 is 5.11 Å². The lowest BCUT2D eigenvalue weighted by Crippen LogP contribution is -2.18. The smallest absolute Gasteiger partial charge is 0.356 e. The van der Waals surface area contributed by atoms with Crippen LogP contribution in [-0.4, -0.2) is 20.9 Å². The van der Waals surface area contributed by atoms with Gasteiger partial charge in [0.1, 0.15) is 0 Å². The van der Waals surface area contributed by atoms with E-state index in [2.05, 4.69) is 11.7 Å². The van der Waals surface area contributed by atoms with Crippen molar-refractivity contribution in [1.82, 2.24) is 9.78 Å². The number of aromatic nitrogens is 2. The molecule has 1 N–H and O–H groups in total. The summed E-state index contributed by atoms with van der Waals surface area (Å²) in [7, 11) is 0. The average Bonchev–Trinajstić information content (AvgIpc) is 2.56. The fourth-order valence-electron chi connectivity index (χ4n) is 2.08. The van der Waals surface area contributed by atoms with E-state index in [-0.39, 0.29) is 11.7 Å². The van der Waals surface area contributed by atoms with Crippen molar-refractivity contribution in [2.45, 2.75) is 38.6 Å². The molecule has 4 nitrogen and oxygen atoms in total. The van der Waals surface area contributed by atoms with E-state index in [9.17, 15) is 4.79 Å². The zero-order chi connectivity index (χ0) is 11.9. The van der Waals surface area contributed by atoms with Gasteiger partial charge in [0.05, 0.1) is 0 Å². The molecule has 0 amide bonds. The molecule has 0 spiro atoms. The number of nitrogens with zero attached hydrogens (tertiary/aromatic N) is 2. The lowest BCUT2D eigenvalue weighted by atomic mass is 9.79. The topological polar surface area (TPSA) is 55.1 Å². The highest BCUT2D eigenvalue weighted by molar-refractivity contribution is 5.85. The Bertz CT molecular complexity index is 438. The van der Waals surface area contributed by atoms with Gasteiger partial charge in [0.2, 0.25) is 0 Å². The highest BCUT2D eigenvalue weighted by Crippen LogP contribution is 2.40. The molecule has 1 saturated carbocycles. The average molecular weight is 220 g/mol. The predicted molar refractivity (Wildman–Crippen MR) is 60.7 cm³/mol. The van der Waals surface area contributed by atoms with Crippen LogP contribution in [0.15, 0.2) is 18.2 Å². The fraction of sp³-hybridized carbons (Fsp3) is 0.500. The molecule has 0 aromatic carbocycles. The molecule has 0 atom stereocenters. The second-order valence-corrected chi connectivity index (χ2v) is 4.65. The molecule has 1 aliphatic carbocycles. The Kier molecular flexibility index (Phi) is 2.58. The monoisotopic (exact) mass is 220 g/mol. The molecule has 0 bridgehead atoms. The van der Waals surface area contributed by atoms with Crippen LogP contribution in [0.1, 0.15) is 54.8 Å². The molecular weight excluding hydrogens is 204 g/mol. The molecule has 1 aromatic rings. The third-order valence-electron chi connectivity index (χ3n) is 2.96. The van der Waals surface area contributed by atoms with Crippen LogP contribution in [0.3, 0.4) is 0 Å². The first kappa shape index (κ1) is 10.9. The van der Waals surface area contributed by atoms with E-state index in [1.807, 2.05) is 18.5 Å². The van der Waals surface area contributed by atoms with E-state index in [4.69, 9.17) is 5.11 Å². The highest BCUT2D eigenvalue weighted by atomic mass is 16.4. The first-order valence-electron chi connectivity index (χ1n) is 5.48. The van der Waals surface area contributed by atoms with Gasteiger partial charge in [-0.15, -0.1) is 0 Å². The third kappa shape index (κ3) is 1.75. The Morgan fingerprint density at radius 1 is 1.62 bits per heavy atom. The van der Waals surface area contributed by atoms with E-state index in [1.54, 1.807) is 6.07 Å².